The van der Waals surface area contributed by atoms with Crippen LogP contribution in [0.4, 0.5) is 10.1 Å². The third-order valence-corrected chi connectivity index (χ3v) is 9.17. The molecule has 0 bridgehead atoms. The second-order valence-electron chi connectivity index (χ2n) is 11.5. The van der Waals surface area contributed by atoms with Crippen LogP contribution in [0.2, 0.25) is 0 Å². The number of aryl methyl sites for hydroxylation is 1. The fourth-order valence-electron chi connectivity index (χ4n) is 4.98. The Kier molecular flexibility index (Phi) is 6.91. The molecule has 1 aliphatic carbocycles. The first-order valence-electron chi connectivity index (χ1n) is 13.6. The summed E-state index contributed by atoms with van der Waals surface area (Å²) in [5, 5.41) is 8.14. The van der Waals surface area contributed by atoms with Crippen molar-refractivity contribution in [2.75, 3.05) is 32.1 Å². The highest BCUT2D eigenvalue weighted by molar-refractivity contribution is 7.89. The van der Waals surface area contributed by atoms with Crippen LogP contribution in [0.5, 0.6) is 0 Å². The first-order chi connectivity index (χ1) is 19.9. The lowest BCUT2D eigenvalue weighted by Crippen LogP contribution is -2.52. The molecule has 2 aliphatic heterocycles. The van der Waals surface area contributed by atoms with Crippen molar-refractivity contribution in [3.63, 3.8) is 0 Å². The predicted octanol–water partition coefficient (Wildman–Crippen LogP) is 1.40. The number of rotatable bonds is 8. The van der Waals surface area contributed by atoms with E-state index in [0.29, 0.717) is 24.7 Å². The molecule has 0 spiro atoms. The molecule has 1 fully saturated rings. The van der Waals surface area contributed by atoms with E-state index in [2.05, 4.69) is 31.8 Å². The zero-order chi connectivity index (χ0) is 29.8. The predicted molar refractivity (Wildman–Crippen MR) is 154 cm³/mol. The topological polar surface area (TPSA) is 121 Å². The van der Waals surface area contributed by atoms with E-state index in [1.54, 1.807) is 36.4 Å². The fraction of sp³-hybridized carbons (Fsp3) is 0.429. The van der Waals surface area contributed by atoms with Gasteiger partial charge in [-0.3, -0.25) is 24.0 Å². The Balaban J connectivity index is 1.35. The molecule has 3 aliphatic rings. The lowest BCUT2D eigenvalue weighted by molar-refractivity contribution is 0.0833. The number of hydrogen-bond acceptors (Lipinski definition) is 8. The third kappa shape index (κ3) is 5.42. The molecule has 6 rings (SSSR count). The summed E-state index contributed by atoms with van der Waals surface area (Å²) in [5.41, 5.74) is 1.21. The molecular formula is C28H32FN9O3S. The first kappa shape index (κ1) is 28.1. The van der Waals surface area contributed by atoms with Crippen molar-refractivity contribution in [1.82, 2.24) is 34.1 Å². The summed E-state index contributed by atoms with van der Waals surface area (Å²) in [7, 11) is 1.80. The molecule has 42 heavy (non-hydrogen) atoms. The van der Waals surface area contributed by atoms with Gasteiger partial charge in [-0.25, -0.2) is 18.1 Å². The Labute approximate surface area is 243 Å². The van der Waals surface area contributed by atoms with Crippen molar-refractivity contribution in [3.05, 3.63) is 59.4 Å². The lowest BCUT2D eigenvalue weighted by atomic mass is 10.1. The molecule has 0 unspecified atom stereocenters. The number of carbonyl (C=O) groups is 1. The Morgan fingerprint density at radius 3 is 2.71 bits per heavy atom. The number of likely N-dealkylation sites (N-methyl/N-ethyl adjacent to an activating group) is 1. The highest BCUT2D eigenvalue weighted by Gasteiger charge is 2.44. The molecule has 12 nitrogen and oxygen atoms in total. The van der Waals surface area contributed by atoms with Crippen molar-refractivity contribution in [3.8, 4) is 11.8 Å². The molecule has 1 amide bonds. The van der Waals surface area contributed by atoms with Gasteiger partial charge in [0, 0.05) is 37.1 Å². The number of benzene rings is 1. The number of sulfonamides is 1. The van der Waals surface area contributed by atoms with Gasteiger partial charge < -0.3 is 4.90 Å². The van der Waals surface area contributed by atoms with Gasteiger partial charge in [-0.1, -0.05) is 11.8 Å². The largest absolute Gasteiger partial charge is 0.308 e. The van der Waals surface area contributed by atoms with Gasteiger partial charge in [-0.2, -0.15) is 9.49 Å². The van der Waals surface area contributed by atoms with Crippen molar-refractivity contribution in [1.29, 1.82) is 0 Å². The van der Waals surface area contributed by atoms with E-state index in [1.807, 2.05) is 30.8 Å². The van der Waals surface area contributed by atoms with Crippen LogP contribution in [0.1, 0.15) is 41.3 Å². The molecule has 14 heteroatoms. The second kappa shape index (κ2) is 10.3. The number of halogens is 1. The van der Waals surface area contributed by atoms with Gasteiger partial charge in [-0.05, 0) is 52.1 Å². The highest BCUT2D eigenvalue weighted by atomic mass is 32.2. The van der Waals surface area contributed by atoms with Gasteiger partial charge in [0.15, 0.2) is 0 Å². The first-order valence-corrected chi connectivity index (χ1v) is 15.1. The zero-order valence-electron chi connectivity index (χ0n) is 23.9. The van der Waals surface area contributed by atoms with Gasteiger partial charge >= 0.3 is 0 Å². The summed E-state index contributed by atoms with van der Waals surface area (Å²) in [5.74, 6) is 5.40. The summed E-state index contributed by atoms with van der Waals surface area (Å²) < 4.78 is 46.9. The van der Waals surface area contributed by atoms with E-state index in [4.69, 9.17) is 0 Å². The van der Waals surface area contributed by atoms with Crippen molar-refractivity contribution in [2.24, 2.45) is 12.0 Å². The third-order valence-electron chi connectivity index (χ3n) is 7.53. The second-order valence-corrected chi connectivity index (χ2v) is 13.1. The molecule has 0 radical (unpaired) electrons. The van der Waals surface area contributed by atoms with Crippen LogP contribution in [-0.2, 0) is 30.2 Å². The number of hydrogen-bond donors (Lipinski definition) is 1. The van der Waals surface area contributed by atoms with Gasteiger partial charge in [0.1, 0.15) is 6.04 Å². The molecule has 4 heterocycles. The van der Waals surface area contributed by atoms with E-state index in [9.17, 15) is 17.6 Å². The molecule has 0 saturated heterocycles. The standard InChI is InChI=1S/C28H32FN9O3S/c1-28(9-10-28)33-42(40,41)22-7-8-24-23(13-22)26(39)37(17-19-14-31-35(4)16-19)27-30-15-21(38(24)27)6-5-20-18-36(32-25(20)29)12-11-34(2)3/h7-8,13-14,16,18,21,33H,9-12,15,17H2,1-4H3/t21-/m1/s1. The van der Waals surface area contributed by atoms with E-state index in [1.165, 1.54) is 21.7 Å². The lowest BCUT2D eigenvalue weighted by Gasteiger charge is -2.37. The van der Waals surface area contributed by atoms with Crippen LogP contribution >= 0.6 is 0 Å². The number of nitrogens with one attached hydrogen (secondary N) is 1. The zero-order valence-corrected chi connectivity index (χ0v) is 24.7. The van der Waals surface area contributed by atoms with Crippen LogP contribution in [0, 0.1) is 17.8 Å². The van der Waals surface area contributed by atoms with E-state index < -0.39 is 27.6 Å². The molecular weight excluding hydrogens is 561 g/mol. The number of nitrogens with zero attached hydrogens (tertiary/aromatic N) is 8. The Hall–Kier alpha value is -4.06. The molecule has 2 aromatic heterocycles. The van der Waals surface area contributed by atoms with Crippen LogP contribution in [0.15, 0.2) is 46.7 Å². The number of anilines is 1. The smallest absolute Gasteiger partial charge is 0.263 e. The summed E-state index contributed by atoms with van der Waals surface area (Å²) in [6, 6.07) is 4.01. The Morgan fingerprint density at radius 1 is 1.24 bits per heavy atom. The fourth-order valence-corrected chi connectivity index (χ4v) is 6.47. The maximum atomic E-state index is 14.6. The molecule has 1 aromatic carbocycles. The SMILES string of the molecule is CN(C)CCn1cc(C#C[C@@H]2CN=C3N(Cc4cnn(C)c4)C(=O)c4cc(S(=O)(=O)NC5(C)CC5)ccc4N32)c(F)n1. The minimum atomic E-state index is -3.84. The number of aromatic nitrogens is 4. The number of fused-ring (bicyclic) bond motifs is 3. The monoisotopic (exact) mass is 593 g/mol. The minimum absolute atomic E-state index is 0.0125. The maximum absolute atomic E-state index is 14.6. The Bertz CT molecular complexity index is 1760. The van der Waals surface area contributed by atoms with Crippen LogP contribution < -0.4 is 9.62 Å². The highest BCUT2D eigenvalue weighted by Crippen LogP contribution is 2.38. The average molecular weight is 594 g/mol. The summed E-state index contributed by atoms with van der Waals surface area (Å²) >= 11 is 0. The van der Waals surface area contributed by atoms with Gasteiger partial charge in [0.25, 0.3) is 5.91 Å². The van der Waals surface area contributed by atoms with Gasteiger partial charge in [-0.15, -0.1) is 5.10 Å². The quantitative estimate of drug-likeness (QED) is 0.392. The minimum Gasteiger partial charge on any atom is -0.308 e. The van der Waals surface area contributed by atoms with Crippen LogP contribution in [0.3, 0.4) is 0 Å². The summed E-state index contributed by atoms with van der Waals surface area (Å²) in [6.45, 7) is 3.50. The average Bonchev–Trinajstić information content (AvgIpc) is 3.24. The van der Waals surface area contributed by atoms with Crippen molar-refractivity contribution in [2.45, 2.75) is 49.3 Å². The number of aliphatic imine (C=N–C) groups is 1. The van der Waals surface area contributed by atoms with Crippen LogP contribution in [0.25, 0.3) is 0 Å². The molecule has 1 saturated carbocycles. The van der Waals surface area contributed by atoms with Crippen molar-refractivity contribution >= 4 is 27.6 Å². The van der Waals surface area contributed by atoms with Gasteiger partial charge in [0.2, 0.25) is 21.9 Å². The molecule has 1 atom stereocenters. The maximum Gasteiger partial charge on any atom is 0.263 e. The molecule has 1 N–H and O–H groups in total. The normalized spacial score (nSPS) is 19.0. The molecule has 220 valence electrons. The van der Waals surface area contributed by atoms with E-state index in [-0.39, 0.29) is 35.0 Å². The number of carbonyl (C=O) groups excluding carboxylic acids is 1. The number of guanidine groups is 1. The van der Waals surface area contributed by atoms with Gasteiger partial charge in [0.05, 0.1) is 47.5 Å². The Morgan fingerprint density at radius 2 is 2.02 bits per heavy atom. The summed E-state index contributed by atoms with van der Waals surface area (Å²) in [6.07, 6.45) is 6.57. The van der Waals surface area contributed by atoms with Crippen molar-refractivity contribution < 1.29 is 17.6 Å². The van der Waals surface area contributed by atoms with E-state index >= 15 is 0 Å². The molecule has 3 aromatic rings. The number of amides is 1. The van der Waals surface area contributed by atoms with E-state index in [0.717, 1.165) is 18.4 Å². The van der Waals surface area contributed by atoms with Crippen LogP contribution in [-0.4, -0.2) is 88.4 Å². The summed E-state index contributed by atoms with van der Waals surface area (Å²) in [4.78, 5) is 23.8.